The highest BCUT2D eigenvalue weighted by Gasteiger charge is 2.36. The molecule has 2 unspecified atom stereocenters. The van der Waals surface area contributed by atoms with Crippen LogP contribution in [0.15, 0.2) is 48.2 Å². The van der Waals surface area contributed by atoms with Gasteiger partial charge >= 0.3 is 0 Å². The van der Waals surface area contributed by atoms with Crippen LogP contribution in [0, 0.1) is 42.0 Å². The average molecular weight is 567 g/mol. The molecule has 1 fully saturated rings. The molecule has 2 N–H and O–H groups in total. The Morgan fingerprint density at radius 2 is 1.83 bits per heavy atom. The van der Waals surface area contributed by atoms with E-state index < -0.39 is 29.0 Å². The number of nitrogens with zero attached hydrogens (tertiary/aromatic N) is 3. The molecule has 1 saturated carbocycles. The van der Waals surface area contributed by atoms with Crippen LogP contribution < -0.4 is 10.5 Å². The third-order valence-corrected chi connectivity index (χ3v) is 8.04. The van der Waals surface area contributed by atoms with Crippen molar-refractivity contribution in [3.8, 4) is 11.5 Å². The van der Waals surface area contributed by atoms with Gasteiger partial charge in [0.1, 0.15) is 23.7 Å². The maximum atomic E-state index is 15.5. The second-order valence-electron chi connectivity index (χ2n) is 10.6. The Kier molecular flexibility index (Phi) is 8.19. The molecule has 1 aliphatic carbocycles. The van der Waals surface area contributed by atoms with Crippen molar-refractivity contribution in [2.24, 2.45) is 16.8 Å². The van der Waals surface area contributed by atoms with Gasteiger partial charge in [-0.1, -0.05) is 25.8 Å². The molecule has 1 aromatic heterocycles. The van der Waals surface area contributed by atoms with E-state index in [0.717, 1.165) is 38.2 Å². The second kappa shape index (κ2) is 11.8. The Hall–Kier alpha value is -4.08. The van der Waals surface area contributed by atoms with Crippen LogP contribution in [0.25, 0.3) is 0 Å². The quantitative estimate of drug-likeness (QED) is 0.197. The van der Waals surface area contributed by atoms with E-state index in [0.29, 0.717) is 30.3 Å². The second-order valence-corrected chi connectivity index (χ2v) is 10.6. The van der Waals surface area contributed by atoms with Gasteiger partial charge in [0.15, 0.2) is 17.4 Å². The summed E-state index contributed by atoms with van der Waals surface area (Å²) in [6, 6.07) is 4.33. The zero-order valence-corrected chi connectivity index (χ0v) is 22.6. The van der Waals surface area contributed by atoms with Crippen LogP contribution in [0.5, 0.6) is 11.5 Å². The molecule has 6 nitrogen and oxygen atoms in total. The molecule has 5 rings (SSSR count). The number of hydrogen-bond acceptors (Lipinski definition) is 6. The van der Waals surface area contributed by atoms with E-state index in [1.54, 1.807) is 0 Å². The van der Waals surface area contributed by atoms with Crippen LogP contribution in [-0.4, -0.2) is 28.0 Å². The van der Waals surface area contributed by atoms with Crippen molar-refractivity contribution < 1.29 is 27.1 Å². The van der Waals surface area contributed by atoms with E-state index in [2.05, 4.69) is 16.5 Å². The number of nitrogen functional groups attached to an aromatic ring is 1. The third-order valence-electron chi connectivity index (χ3n) is 8.04. The van der Waals surface area contributed by atoms with Gasteiger partial charge in [-0.2, -0.15) is 4.39 Å². The number of aryl methyl sites for hydroxylation is 1. The Morgan fingerprint density at radius 1 is 1.05 bits per heavy atom. The fourth-order valence-electron chi connectivity index (χ4n) is 5.91. The summed E-state index contributed by atoms with van der Waals surface area (Å²) in [6.45, 7) is 5.25. The van der Waals surface area contributed by atoms with Gasteiger partial charge in [-0.05, 0) is 61.9 Å². The molecule has 3 aromatic rings. The first-order valence-electron chi connectivity index (χ1n) is 13.6. The maximum Gasteiger partial charge on any atom is 0.204 e. The summed E-state index contributed by atoms with van der Waals surface area (Å²) in [7, 11) is 0. The van der Waals surface area contributed by atoms with Gasteiger partial charge in [0.25, 0.3) is 0 Å². The van der Waals surface area contributed by atoms with Gasteiger partial charge in [-0.25, -0.2) is 23.1 Å². The molecule has 2 heterocycles. The number of benzene rings is 2. The van der Waals surface area contributed by atoms with Crippen molar-refractivity contribution in [1.82, 2.24) is 9.97 Å². The van der Waals surface area contributed by atoms with E-state index in [9.17, 15) is 18.0 Å². The normalized spacial score (nSPS) is 20.8. The zero-order chi connectivity index (χ0) is 29.3. The number of anilines is 1. The number of allylic oxidation sites excluding steroid dienone is 1. The number of nitrogens with two attached hydrogens (primary N) is 1. The molecule has 0 spiro atoms. The number of halogens is 4. The summed E-state index contributed by atoms with van der Waals surface area (Å²) >= 11 is 0. The number of fused-ring (bicyclic) bond motifs is 1. The Balaban J connectivity index is 1.47. The van der Waals surface area contributed by atoms with E-state index in [1.165, 1.54) is 31.5 Å². The molecule has 1 aliphatic heterocycles. The fraction of sp³-hybridized carbons (Fsp3) is 0.355. The molecule has 0 saturated heterocycles. The number of ether oxygens (including phenoxy) is 1. The summed E-state index contributed by atoms with van der Waals surface area (Å²) < 4.78 is 63.2. The molecule has 2 aliphatic rings. The molecule has 2 aromatic carbocycles. The van der Waals surface area contributed by atoms with Crippen LogP contribution in [0.3, 0.4) is 0 Å². The number of rotatable bonds is 6. The van der Waals surface area contributed by atoms with E-state index in [-0.39, 0.29) is 51.9 Å². The number of aromatic nitrogens is 2. The molecule has 214 valence electrons. The molecule has 0 radical (unpaired) electrons. The van der Waals surface area contributed by atoms with Gasteiger partial charge in [0, 0.05) is 30.0 Å². The fourth-order valence-corrected chi connectivity index (χ4v) is 5.91. The number of hydrogen-bond donors (Lipinski definition) is 1. The average Bonchev–Trinajstić information content (AvgIpc) is 2.94. The first-order chi connectivity index (χ1) is 19.7. The summed E-state index contributed by atoms with van der Waals surface area (Å²) in [4.78, 5) is 26.0. The molecular formula is C31H30F4N4O2. The lowest BCUT2D eigenvalue weighted by Gasteiger charge is -2.34. The SMILES string of the molecule is C=CC(=O)C1CCCCCC([C@@H]2CN=C(c3ccc(Oc4c(F)c(C)cc(F)c4F)cc3F)c3c(N)ncnc32)C1. The number of carbonyl (C=O) groups excluding carboxylic acids is 1. The van der Waals surface area contributed by atoms with Crippen LogP contribution in [0.2, 0.25) is 0 Å². The first kappa shape index (κ1) is 28.4. The minimum absolute atomic E-state index is 0.0388. The summed E-state index contributed by atoms with van der Waals surface area (Å²) in [5.74, 6) is -5.80. The van der Waals surface area contributed by atoms with E-state index >= 15 is 4.39 Å². The molecule has 41 heavy (non-hydrogen) atoms. The first-order valence-corrected chi connectivity index (χ1v) is 13.6. The zero-order valence-electron chi connectivity index (χ0n) is 22.6. The molecule has 3 atom stereocenters. The standard InChI is InChI=1S/C31H30F4N4O2/c1-3-24(40)18-8-6-4-5-7-17(12-18)21-14-37-28(25-29(21)38-15-39-31(25)36)20-10-9-19(13-22(20)32)41-30-26(34)16(2)11-23(33)27(30)35/h3,9-11,13,15,17-18,21H,1,4-8,12,14H2,2H3,(H2,36,38,39)/t17?,18?,21-/m0/s1. The van der Waals surface area contributed by atoms with Gasteiger partial charge < -0.3 is 10.5 Å². The third kappa shape index (κ3) is 5.60. The summed E-state index contributed by atoms with van der Waals surface area (Å²) in [5.41, 5.74) is 7.54. The monoisotopic (exact) mass is 566 g/mol. The predicted molar refractivity (Wildman–Crippen MR) is 147 cm³/mol. The van der Waals surface area contributed by atoms with Crippen LogP contribution in [0.1, 0.15) is 66.8 Å². The topological polar surface area (TPSA) is 90.5 Å². The molecular weight excluding hydrogens is 536 g/mol. The largest absolute Gasteiger partial charge is 0.451 e. The lowest BCUT2D eigenvalue weighted by molar-refractivity contribution is -0.119. The number of aliphatic imine (C=N–C) groups is 1. The Morgan fingerprint density at radius 3 is 2.59 bits per heavy atom. The van der Waals surface area contributed by atoms with Gasteiger partial charge in [-0.3, -0.25) is 9.79 Å². The van der Waals surface area contributed by atoms with Crippen LogP contribution >= 0.6 is 0 Å². The van der Waals surface area contributed by atoms with Crippen LogP contribution in [-0.2, 0) is 4.79 Å². The smallest absolute Gasteiger partial charge is 0.204 e. The minimum Gasteiger partial charge on any atom is -0.451 e. The highest BCUT2D eigenvalue weighted by molar-refractivity contribution is 6.16. The van der Waals surface area contributed by atoms with Crippen molar-refractivity contribution in [2.45, 2.75) is 51.4 Å². The highest BCUT2D eigenvalue weighted by atomic mass is 19.2. The lowest BCUT2D eigenvalue weighted by Crippen LogP contribution is -2.30. The van der Waals surface area contributed by atoms with Gasteiger partial charge in [0.2, 0.25) is 11.6 Å². The number of carbonyl (C=O) groups is 1. The van der Waals surface area contributed by atoms with Crippen molar-refractivity contribution >= 4 is 17.3 Å². The van der Waals surface area contributed by atoms with Gasteiger partial charge in [-0.15, -0.1) is 0 Å². The number of ketones is 1. The molecule has 0 bridgehead atoms. The van der Waals surface area contributed by atoms with Crippen molar-refractivity contribution in [3.63, 3.8) is 0 Å². The van der Waals surface area contributed by atoms with Gasteiger partial charge in [0.05, 0.1) is 17.0 Å². The van der Waals surface area contributed by atoms with Crippen molar-refractivity contribution in [3.05, 3.63) is 88.9 Å². The van der Waals surface area contributed by atoms with E-state index in [1.807, 2.05) is 0 Å². The van der Waals surface area contributed by atoms with Crippen LogP contribution in [0.4, 0.5) is 23.4 Å². The van der Waals surface area contributed by atoms with Crippen molar-refractivity contribution in [1.29, 1.82) is 0 Å². The van der Waals surface area contributed by atoms with E-state index in [4.69, 9.17) is 15.5 Å². The molecule has 10 heteroatoms. The molecule has 0 amide bonds. The maximum absolute atomic E-state index is 15.5. The van der Waals surface area contributed by atoms with Crippen molar-refractivity contribution in [2.75, 3.05) is 12.3 Å². The summed E-state index contributed by atoms with van der Waals surface area (Å²) in [5, 5.41) is 0. The summed E-state index contributed by atoms with van der Waals surface area (Å²) in [6.07, 6.45) is 8.19. The minimum atomic E-state index is -1.51. The lowest BCUT2D eigenvalue weighted by atomic mass is 9.73. The Labute approximate surface area is 235 Å². The Bertz CT molecular complexity index is 1510. The highest BCUT2D eigenvalue weighted by Crippen LogP contribution is 2.41. The predicted octanol–water partition coefficient (Wildman–Crippen LogP) is 6.99.